The van der Waals surface area contributed by atoms with Gasteiger partial charge in [0, 0.05) is 17.3 Å². The van der Waals surface area contributed by atoms with Crippen LogP contribution in [-0.4, -0.2) is 20.8 Å². The molecule has 2 aromatic rings. The highest BCUT2D eigenvalue weighted by Gasteiger charge is 2.13. The molecule has 0 spiro atoms. The summed E-state index contributed by atoms with van der Waals surface area (Å²) >= 11 is 5.57. The van der Waals surface area contributed by atoms with Gasteiger partial charge in [0.1, 0.15) is 10.8 Å². The fourth-order valence-electron chi connectivity index (χ4n) is 1.51. The fourth-order valence-corrected chi connectivity index (χ4v) is 1.61. The maximum Gasteiger partial charge on any atom is 0.275 e. The number of nitrogens with one attached hydrogen (secondary N) is 1. The molecular formula is C12H9ClN4O3. The lowest BCUT2D eigenvalue weighted by molar-refractivity contribution is -0.385. The third kappa shape index (κ3) is 3.07. The molecule has 20 heavy (non-hydrogen) atoms. The molecule has 1 aromatic carbocycles. The lowest BCUT2D eigenvalue weighted by atomic mass is 10.2. The van der Waals surface area contributed by atoms with E-state index in [-0.39, 0.29) is 16.5 Å². The molecule has 0 unspecified atom stereocenters. The molecule has 0 saturated carbocycles. The number of aromatic nitrogens is 2. The summed E-state index contributed by atoms with van der Waals surface area (Å²) in [6.45, 7) is 1.62. The highest BCUT2D eigenvalue weighted by atomic mass is 35.5. The smallest absolute Gasteiger partial charge is 0.275 e. The molecule has 1 heterocycles. The van der Waals surface area contributed by atoms with E-state index < -0.39 is 10.8 Å². The van der Waals surface area contributed by atoms with Crippen molar-refractivity contribution >= 4 is 28.9 Å². The van der Waals surface area contributed by atoms with Crippen molar-refractivity contribution in [1.82, 2.24) is 9.97 Å². The summed E-state index contributed by atoms with van der Waals surface area (Å²) < 4.78 is 0. The Morgan fingerprint density at radius 2 is 2.10 bits per heavy atom. The van der Waals surface area contributed by atoms with Crippen molar-refractivity contribution < 1.29 is 9.72 Å². The van der Waals surface area contributed by atoms with Crippen molar-refractivity contribution in [2.24, 2.45) is 0 Å². The number of aryl methyl sites for hydroxylation is 1. The molecule has 2 rings (SSSR count). The topological polar surface area (TPSA) is 98.0 Å². The number of nitro groups is 1. The first kappa shape index (κ1) is 13.9. The van der Waals surface area contributed by atoms with E-state index in [2.05, 4.69) is 15.3 Å². The normalized spacial score (nSPS) is 10.1. The van der Waals surface area contributed by atoms with E-state index in [0.717, 1.165) is 0 Å². The third-order valence-corrected chi connectivity index (χ3v) is 2.71. The lowest BCUT2D eigenvalue weighted by Gasteiger charge is -2.05. The minimum atomic E-state index is -0.521. The van der Waals surface area contributed by atoms with Crippen LogP contribution < -0.4 is 5.32 Å². The molecule has 8 heteroatoms. The van der Waals surface area contributed by atoms with E-state index in [0.29, 0.717) is 11.3 Å². The predicted octanol–water partition coefficient (Wildman–Crippen LogP) is 2.60. The lowest BCUT2D eigenvalue weighted by Crippen LogP contribution is -2.14. The Labute approximate surface area is 118 Å². The summed E-state index contributed by atoms with van der Waals surface area (Å²) in [5.74, 6) is -0.521. The number of benzene rings is 1. The number of rotatable bonds is 3. The Morgan fingerprint density at radius 1 is 1.35 bits per heavy atom. The fraction of sp³-hybridized carbons (Fsp3) is 0.0833. The molecule has 0 atom stereocenters. The van der Waals surface area contributed by atoms with E-state index in [4.69, 9.17) is 11.6 Å². The second kappa shape index (κ2) is 5.62. The van der Waals surface area contributed by atoms with Gasteiger partial charge in [-0.3, -0.25) is 14.9 Å². The molecular weight excluding hydrogens is 284 g/mol. The number of halogens is 1. The van der Waals surface area contributed by atoms with Gasteiger partial charge in [-0.15, -0.1) is 0 Å². The van der Waals surface area contributed by atoms with Crippen LogP contribution >= 0.6 is 11.6 Å². The number of hydrogen-bond acceptors (Lipinski definition) is 5. The second-order valence-corrected chi connectivity index (χ2v) is 4.32. The zero-order valence-corrected chi connectivity index (χ0v) is 11.1. The van der Waals surface area contributed by atoms with Gasteiger partial charge in [0.15, 0.2) is 0 Å². The predicted molar refractivity (Wildman–Crippen MR) is 72.8 cm³/mol. The van der Waals surface area contributed by atoms with Crippen LogP contribution in [0, 0.1) is 17.0 Å². The van der Waals surface area contributed by atoms with Crippen LogP contribution in [0.2, 0.25) is 5.15 Å². The first-order valence-electron chi connectivity index (χ1n) is 5.51. The first-order valence-corrected chi connectivity index (χ1v) is 5.89. The van der Waals surface area contributed by atoms with E-state index in [1.807, 2.05) is 0 Å². The minimum absolute atomic E-state index is 0.0648. The molecule has 0 aliphatic heterocycles. The molecule has 1 amide bonds. The Bertz CT molecular complexity index is 673. The van der Waals surface area contributed by atoms with Gasteiger partial charge in [0.2, 0.25) is 0 Å². The van der Waals surface area contributed by atoms with Crippen molar-refractivity contribution in [2.45, 2.75) is 6.92 Å². The van der Waals surface area contributed by atoms with Crippen molar-refractivity contribution in [2.75, 3.05) is 5.32 Å². The quantitative estimate of drug-likeness (QED) is 0.692. The average Bonchev–Trinajstić information content (AvgIpc) is 2.41. The summed E-state index contributed by atoms with van der Waals surface area (Å²) in [5, 5.41) is 13.5. The Morgan fingerprint density at radius 3 is 2.70 bits per heavy atom. The number of amides is 1. The van der Waals surface area contributed by atoms with Crippen molar-refractivity contribution in [3.8, 4) is 0 Å². The van der Waals surface area contributed by atoms with Gasteiger partial charge in [0.05, 0.1) is 17.3 Å². The molecule has 0 radical (unpaired) electrons. The highest BCUT2D eigenvalue weighted by Crippen LogP contribution is 2.22. The van der Waals surface area contributed by atoms with Crippen LogP contribution in [0.15, 0.2) is 30.6 Å². The second-order valence-electron chi connectivity index (χ2n) is 3.94. The van der Waals surface area contributed by atoms with Gasteiger partial charge < -0.3 is 5.32 Å². The zero-order chi connectivity index (χ0) is 14.7. The molecule has 7 nitrogen and oxygen atoms in total. The first-order chi connectivity index (χ1) is 9.47. The third-order valence-electron chi connectivity index (χ3n) is 2.52. The molecule has 102 valence electrons. The van der Waals surface area contributed by atoms with Crippen LogP contribution in [-0.2, 0) is 0 Å². The summed E-state index contributed by atoms with van der Waals surface area (Å²) in [6.07, 6.45) is 2.47. The molecule has 1 aromatic heterocycles. The van der Waals surface area contributed by atoms with Gasteiger partial charge in [0.25, 0.3) is 11.6 Å². The van der Waals surface area contributed by atoms with Crippen molar-refractivity contribution in [3.63, 3.8) is 0 Å². The molecule has 0 aliphatic carbocycles. The van der Waals surface area contributed by atoms with Gasteiger partial charge in [-0.2, -0.15) is 0 Å². The highest BCUT2D eigenvalue weighted by molar-refractivity contribution is 6.29. The summed E-state index contributed by atoms with van der Waals surface area (Å²) in [6, 6.07) is 4.42. The largest absolute Gasteiger partial charge is 0.320 e. The van der Waals surface area contributed by atoms with Crippen LogP contribution in [0.3, 0.4) is 0 Å². The monoisotopic (exact) mass is 292 g/mol. The number of carbonyl (C=O) groups excluding carboxylic acids is 1. The number of nitro benzene ring substituents is 1. The summed E-state index contributed by atoms with van der Waals surface area (Å²) in [5.41, 5.74) is 0.825. The van der Waals surface area contributed by atoms with E-state index in [9.17, 15) is 14.9 Å². The molecule has 1 N–H and O–H groups in total. The molecule has 0 fully saturated rings. The maximum atomic E-state index is 11.9. The molecule has 0 aliphatic rings. The zero-order valence-electron chi connectivity index (χ0n) is 10.3. The summed E-state index contributed by atoms with van der Waals surface area (Å²) in [4.78, 5) is 29.7. The van der Waals surface area contributed by atoms with Crippen LogP contribution in [0.1, 0.15) is 16.1 Å². The Hall–Kier alpha value is -2.54. The summed E-state index contributed by atoms with van der Waals surface area (Å²) in [7, 11) is 0. The van der Waals surface area contributed by atoms with Gasteiger partial charge >= 0.3 is 0 Å². The van der Waals surface area contributed by atoms with E-state index in [1.54, 1.807) is 19.1 Å². The maximum absolute atomic E-state index is 11.9. The number of carbonyl (C=O) groups is 1. The number of nitrogens with zero attached hydrogens (tertiary/aromatic N) is 3. The standard InChI is InChI=1S/C12H9ClN4O3/c1-7-2-3-8(4-10(7)17(19)20)16-12(18)9-5-15-11(13)6-14-9/h2-6H,1H3,(H,16,18). The molecule has 0 bridgehead atoms. The van der Waals surface area contributed by atoms with Gasteiger partial charge in [-0.1, -0.05) is 17.7 Å². The van der Waals surface area contributed by atoms with Crippen LogP contribution in [0.25, 0.3) is 0 Å². The van der Waals surface area contributed by atoms with Gasteiger partial charge in [-0.25, -0.2) is 9.97 Å². The number of anilines is 1. The number of hydrogen-bond donors (Lipinski definition) is 1. The SMILES string of the molecule is Cc1ccc(NC(=O)c2cnc(Cl)cn2)cc1[N+](=O)[O-]. The van der Waals surface area contributed by atoms with Gasteiger partial charge in [-0.05, 0) is 13.0 Å². The average molecular weight is 293 g/mol. The van der Waals surface area contributed by atoms with Crippen molar-refractivity contribution in [3.05, 3.63) is 57.1 Å². The molecule has 0 saturated heterocycles. The Kier molecular flexibility index (Phi) is 3.90. The van der Waals surface area contributed by atoms with E-state index in [1.165, 1.54) is 18.5 Å². The van der Waals surface area contributed by atoms with Crippen molar-refractivity contribution in [1.29, 1.82) is 0 Å². The minimum Gasteiger partial charge on any atom is -0.320 e. The van der Waals surface area contributed by atoms with Crippen LogP contribution in [0.5, 0.6) is 0 Å². The van der Waals surface area contributed by atoms with Crippen LogP contribution in [0.4, 0.5) is 11.4 Å². The Balaban J connectivity index is 2.21. The van der Waals surface area contributed by atoms with E-state index >= 15 is 0 Å².